The number of hydrogen-bond donors (Lipinski definition) is 2. The van der Waals surface area contributed by atoms with E-state index in [-0.39, 0.29) is 17.9 Å². The van der Waals surface area contributed by atoms with Crippen molar-refractivity contribution in [1.29, 1.82) is 0 Å². The monoisotopic (exact) mass is 340 g/mol. The largest absolute Gasteiger partial charge is 0.487 e. The van der Waals surface area contributed by atoms with Crippen LogP contribution in [0.5, 0.6) is 5.75 Å². The minimum Gasteiger partial charge on any atom is -0.487 e. The topological polar surface area (TPSA) is 73.6 Å². The maximum absolute atomic E-state index is 12.2. The maximum atomic E-state index is 12.2. The molecule has 1 fully saturated rings. The summed E-state index contributed by atoms with van der Waals surface area (Å²) in [5, 5.41) is 3.46. The SMILES string of the molecule is CCC(CNC(=O)C(N)C1CCOCC1)Oc1ccccc1Cl. The molecule has 0 aliphatic carbocycles. The van der Waals surface area contributed by atoms with Crippen LogP contribution in [0, 0.1) is 5.92 Å². The summed E-state index contributed by atoms with van der Waals surface area (Å²) in [4.78, 5) is 12.2. The predicted octanol–water partition coefficient (Wildman–Crippen LogP) is 2.37. The number of carbonyl (C=O) groups is 1. The van der Waals surface area contributed by atoms with E-state index in [9.17, 15) is 4.79 Å². The van der Waals surface area contributed by atoms with Crippen molar-refractivity contribution < 1.29 is 14.3 Å². The lowest BCUT2D eigenvalue weighted by Crippen LogP contribution is -2.49. The molecule has 2 rings (SSSR count). The summed E-state index contributed by atoms with van der Waals surface area (Å²) in [7, 11) is 0. The van der Waals surface area contributed by atoms with Gasteiger partial charge in [0.15, 0.2) is 0 Å². The Kier molecular flexibility index (Phi) is 7.15. The molecule has 0 bridgehead atoms. The minimum absolute atomic E-state index is 0.127. The third-order valence-corrected chi connectivity index (χ3v) is 4.48. The van der Waals surface area contributed by atoms with Crippen molar-refractivity contribution in [3.63, 3.8) is 0 Å². The highest BCUT2D eigenvalue weighted by Gasteiger charge is 2.26. The summed E-state index contributed by atoms with van der Waals surface area (Å²) in [6, 6.07) is 6.83. The van der Waals surface area contributed by atoms with Crippen molar-refractivity contribution in [3.05, 3.63) is 29.3 Å². The summed E-state index contributed by atoms with van der Waals surface area (Å²) in [6.07, 6.45) is 2.29. The molecule has 1 saturated heterocycles. The van der Waals surface area contributed by atoms with Crippen LogP contribution in [0.1, 0.15) is 26.2 Å². The Morgan fingerprint density at radius 2 is 2.13 bits per heavy atom. The number of hydrogen-bond acceptors (Lipinski definition) is 4. The lowest BCUT2D eigenvalue weighted by atomic mass is 9.92. The van der Waals surface area contributed by atoms with E-state index in [2.05, 4.69) is 5.32 Å². The Morgan fingerprint density at radius 1 is 1.43 bits per heavy atom. The van der Waals surface area contributed by atoms with E-state index in [1.807, 2.05) is 25.1 Å². The second-order valence-corrected chi connectivity index (χ2v) is 6.21. The number of ether oxygens (including phenoxy) is 2. The Hall–Kier alpha value is -1.30. The highest BCUT2D eigenvalue weighted by molar-refractivity contribution is 6.32. The summed E-state index contributed by atoms with van der Waals surface area (Å²) >= 11 is 6.10. The van der Waals surface area contributed by atoms with Crippen LogP contribution in [0.15, 0.2) is 24.3 Å². The van der Waals surface area contributed by atoms with Crippen LogP contribution in [0.2, 0.25) is 5.02 Å². The average molecular weight is 341 g/mol. The van der Waals surface area contributed by atoms with Gasteiger partial charge in [0.2, 0.25) is 5.91 Å². The molecule has 23 heavy (non-hydrogen) atoms. The molecule has 2 atom stereocenters. The number of benzene rings is 1. The van der Waals surface area contributed by atoms with Crippen LogP contribution >= 0.6 is 11.6 Å². The maximum Gasteiger partial charge on any atom is 0.237 e. The van der Waals surface area contributed by atoms with E-state index < -0.39 is 6.04 Å². The van der Waals surface area contributed by atoms with Gasteiger partial charge in [-0.1, -0.05) is 30.7 Å². The zero-order chi connectivity index (χ0) is 16.7. The van der Waals surface area contributed by atoms with Gasteiger partial charge in [0.25, 0.3) is 0 Å². The molecule has 1 aromatic carbocycles. The van der Waals surface area contributed by atoms with Gasteiger partial charge in [-0.25, -0.2) is 0 Å². The lowest BCUT2D eigenvalue weighted by Gasteiger charge is -2.27. The molecule has 3 N–H and O–H groups in total. The van der Waals surface area contributed by atoms with Crippen LogP contribution < -0.4 is 15.8 Å². The van der Waals surface area contributed by atoms with Gasteiger partial charge >= 0.3 is 0 Å². The molecule has 1 aromatic rings. The second kappa shape index (κ2) is 9.11. The quantitative estimate of drug-likeness (QED) is 0.799. The first kappa shape index (κ1) is 18.0. The van der Waals surface area contributed by atoms with Crippen molar-refractivity contribution in [1.82, 2.24) is 5.32 Å². The number of amides is 1. The number of rotatable bonds is 7. The minimum atomic E-state index is -0.489. The van der Waals surface area contributed by atoms with Crippen molar-refractivity contribution >= 4 is 17.5 Å². The molecule has 0 aromatic heterocycles. The van der Waals surface area contributed by atoms with Crippen molar-refractivity contribution in [2.45, 2.75) is 38.3 Å². The zero-order valence-electron chi connectivity index (χ0n) is 13.5. The van der Waals surface area contributed by atoms with Gasteiger partial charge in [-0.05, 0) is 37.3 Å². The van der Waals surface area contributed by atoms with Crippen molar-refractivity contribution in [2.24, 2.45) is 11.7 Å². The fourth-order valence-corrected chi connectivity index (χ4v) is 2.79. The third kappa shape index (κ3) is 5.37. The number of para-hydroxylation sites is 1. The fourth-order valence-electron chi connectivity index (χ4n) is 2.61. The molecular formula is C17H25ClN2O3. The number of nitrogens with two attached hydrogens (primary N) is 1. The molecule has 6 heteroatoms. The van der Waals surface area contributed by atoms with Crippen molar-refractivity contribution in [3.8, 4) is 5.75 Å². The molecule has 0 radical (unpaired) electrons. The standard InChI is InChI=1S/C17H25ClN2O3/c1-2-13(23-15-6-4-3-5-14(15)18)11-20-17(21)16(19)12-7-9-22-10-8-12/h3-6,12-13,16H,2,7-11,19H2,1H3,(H,20,21). The van der Waals surface area contributed by atoms with Gasteiger partial charge in [-0.3, -0.25) is 4.79 Å². The van der Waals surface area contributed by atoms with E-state index in [0.717, 1.165) is 19.3 Å². The number of nitrogens with one attached hydrogen (secondary N) is 1. The molecule has 0 spiro atoms. The van der Waals surface area contributed by atoms with Gasteiger partial charge in [0, 0.05) is 13.2 Å². The molecule has 2 unspecified atom stereocenters. The molecule has 1 aliphatic rings. The van der Waals surface area contributed by atoms with E-state index in [0.29, 0.717) is 30.5 Å². The lowest BCUT2D eigenvalue weighted by molar-refractivity contribution is -0.124. The Morgan fingerprint density at radius 3 is 2.78 bits per heavy atom. The molecule has 1 amide bonds. The highest BCUT2D eigenvalue weighted by Crippen LogP contribution is 2.24. The smallest absolute Gasteiger partial charge is 0.237 e. The predicted molar refractivity (Wildman–Crippen MR) is 90.7 cm³/mol. The van der Waals surface area contributed by atoms with E-state index in [1.165, 1.54) is 0 Å². The summed E-state index contributed by atoms with van der Waals surface area (Å²) in [5.41, 5.74) is 6.07. The highest BCUT2D eigenvalue weighted by atomic mass is 35.5. The molecular weight excluding hydrogens is 316 g/mol. The summed E-state index contributed by atoms with van der Waals surface area (Å²) < 4.78 is 11.2. The molecule has 1 heterocycles. The van der Waals surface area contributed by atoms with Crippen LogP contribution in [-0.2, 0) is 9.53 Å². The van der Waals surface area contributed by atoms with Gasteiger partial charge in [-0.2, -0.15) is 0 Å². The number of halogens is 1. The first-order valence-corrected chi connectivity index (χ1v) is 8.51. The van der Waals surface area contributed by atoms with Crippen molar-refractivity contribution in [2.75, 3.05) is 19.8 Å². The Balaban J connectivity index is 1.82. The zero-order valence-corrected chi connectivity index (χ0v) is 14.2. The van der Waals surface area contributed by atoms with E-state index in [1.54, 1.807) is 6.07 Å². The molecule has 128 valence electrons. The van der Waals surface area contributed by atoms with Crippen LogP contribution in [0.25, 0.3) is 0 Å². The summed E-state index contributed by atoms with van der Waals surface area (Å²) in [6.45, 7) is 3.78. The van der Waals surface area contributed by atoms with Crippen LogP contribution in [0.3, 0.4) is 0 Å². The first-order chi connectivity index (χ1) is 11.1. The molecule has 0 saturated carbocycles. The fraction of sp³-hybridized carbons (Fsp3) is 0.588. The van der Waals surface area contributed by atoms with E-state index in [4.69, 9.17) is 26.8 Å². The molecule has 5 nitrogen and oxygen atoms in total. The van der Waals surface area contributed by atoms with E-state index >= 15 is 0 Å². The van der Waals surface area contributed by atoms with Gasteiger partial charge in [-0.15, -0.1) is 0 Å². The summed E-state index contributed by atoms with van der Waals surface area (Å²) in [5.74, 6) is 0.690. The second-order valence-electron chi connectivity index (χ2n) is 5.80. The number of carbonyl (C=O) groups excluding carboxylic acids is 1. The Labute approximate surface area is 142 Å². The molecule has 1 aliphatic heterocycles. The normalized spacial score (nSPS) is 18.2. The first-order valence-electron chi connectivity index (χ1n) is 8.14. The average Bonchev–Trinajstić information content (AvgIpc) is 2.60. The van der Waals surface area contributed by atoms with Gasteiger partial charge in [0.1, 0.15) is 11.9 Å². The van der Waals surface area contributed by atoms with Crippen LogP contribution in [0.4, 0.5) is 0 Å². The third-order valence-electron chi connectivity index (χ3n) is 4.17. The van der Waals surface area contributed by atoms with Gasteiger partial charge in [0.05, 0.1) is 17.6 Å². The van der Waals surface area contributed by atoms with Crippen LogP contribution in [-0.4, -0.2) is 37.8 Å². The van der Waals surface area contributed by atoms with Gasteiger partial charge < -0.3 is 20.5 Å². The Bertz CT molecular complexity index is 506.